The summed E-state index contributed by atoms with van der Waals surface area (Å²) in [7, 11) is 0. The van der Waals surface area contributed by atoms with Crippen molar-refractivity contribution in [3.63, 3.8) is 0 Å². The first-order valence-corrected chi connectivity index (χ1v) is 8.29. The van der Waals surface area contributed by atoms with Crippen molar-refractivity contribution in [1.29, 1.82) is 0 Å². The summed E-state index contributed by atoms with van der Waals surface area (Å²) in [5.74, 6) is 1.03. The van der Waals surface area contributed by atoms with Crippen LogP contribution in [0.2, 0.25) is 0 Å². The van der Waals surface area contributed by atoms with Crippen molar-refractivity contribution in [2.75, 3.05) is 32.7 Å². The highest BCUT2D eigenvalue weighted by molar-refractivity contribution is 4.68. The van der Waals surface area contributed by atoms with Gasteiger partial charge in [0.05, 0.1) is 0 Å². The molecule has 1 aliphatic rings. The molecule has 1 saturated heterocycles. The SMILES string of the molecule is CCN(CC)CCCCCCCC1CCNCC1. The molecule has 1 aliphatic heterocycles. The smallest absolute Gasteiger partial charge is 0.00190 e. The second-order valence-electron chi connectivity index (χ2n) is 5.78. The second-order valence-corrected chi connectivity index (χ2v) is 5.78. The van der Waals surface area contributed by atoms with E-state index in [1.807, 2.05) is 0 Å². The number of hydrogen-bond donors (Lipinski definition) is 1. The zero-order valence-corrected chi connectivity index (χ0v) is 12.7. The largest absolute Gasteiger partial charge is 0.317 e. The summed E-state index contributed by atoms with van der Waals surface area (Å²) < 4.78 is 0. The van der Waals surface area contributed by atoms with Gasteiger partial charge in [0, 0.05) is 0 Å². The molecular weight excluding hydrogens is 220 g/mol. The number of rotatable bonds is 10. The summed E-state index contributed by atoms with van der Waals surface area (Å²) in [6.07, 6.45) is 11.5. The minimum Gasteiger partial charge on any atom is -0.317 e. The standard InChI is InChI=1S/C16H34N2/c1-3-18(4-2)15-9-7-5-6-8-10-16-11-13-17-14-12-16/h16-17H,3-15H2,1-2H3. The minimum absolute atomic E-state index is 1.03. The number of nitrogens with one attached hydrogen (secondary N) is 1. The fourth-order valence-electron chi connectivity index (χ4n) is 3.01. The maximum Gasteiger partial charge on any atom is -0.00190 e. The predicted molar refractivity (Wildman–Crippen MR) is 81.1 cm³/mol. The first-order valence-electron chi connectivity index (χ1n) is 8.29. The van der Waals surface area contributed by atoms with Gasteiger partial charge in [-0.25, -0.2) is 0 Å². The lowest BCUT2D eigenvalue weighted by Gasteiger charge is -2.22. The van der Waals surface area contributed by atoms with Crippen molar-refractivity contribution in [2.24, 2.45) is 5.92 Å². The van der Waals surface area contributed by atoms with Gasteiger partial charge in [-0.15, -0.1) is 0 Å². The molecule has 0 aromatic heterocycles. The van der Waals surface area contributed by atoms with Crippen molar-refractivity contribution >= 4 is 0 Å². The monoisotopic (exact) mass is 254 g/mol. The first kappa shape index (κ1) is 16.0. The summed E-state index contributed by atoms with van der Waals surface area (Å²) in [6.45, 7) is 10.8. The van der Waals surface area contributed by atoms with E-state index in [1.54, 1.807) is 0 Å². The Kier molecular flexibility index (Phi) is 9.59. The molecule has 1 rings (SSSR count). The van der Waals surface area contributed by atoms with Gasteiger partial charge < -0.3 is 10.2 Å². The van der Waals surface area contributed by atoms with E-state index in [-0.39, 0.29) is 0 Å². The van der Waals surface area contributed by atoms with Gasteiger partial charge in [0.25, 0.3) is 0 Å². The van der Waals surface area contributed by atoms with Gasteiger partial charge in [-0.1, -0.05) is 46.0 Å². The van der Waals surface area contributed by atoms with E-state index in [1.165, 1.54) is 84.1 Å². The Labute approximate surface area is 115 Å². The topological polar surface area (TPSA) is 15.3 Å². The van der Waals surface area contributed by atoms with Crippen LogP contribution in [0, 0.1) is 5.92 Å². The van der Waals surface area contributed by atoms with Gasteiger partial charge in [0.1, 0.15) is 0 Å². The molecule has 0 amide bonds. The lowest BCUT2D eigenvalue weighted by molar-refractivity contribution is 0.294. The van der Waals surface area contributed by atoms with E-state index < -0.39 is 0 Å². The molecule has 108 valence electrons. The number of nitrogens with zero attached hydrogens (tertiary/aromatic N) is 1. The third-order valence-electron chi connectivity index (χ3n) is 4.44. The van der Waals surface area contributed by atoms with Crippen molar-refractivity contribution in [3.8, 4) is 0 Å². The maximum absolute atomic E-state index is 3.45. The Morgan fingerprint density at radius 2 is 1.50 bits per heavy atom. The molecular formula is C16H34N2. The Morgan fingerprint density at radius 3 is 2.17 bits per heavy atom. The molecule has 18 heavy (non-hydrogen) atoms. The highest BCUT2D eigenvalue weighted by Gasteiger charge is 2.11. The van der Waals surface area contributed by atoms with E-state index >= 15 is 0 Å². The van der Waals surface area contributed by atoms with Crippen LogP contribution in [0.4, 0.5) is 0 Å². The van der Waals surface area contributed by atoms with Crippen LogP contribution >= 0.6 is 0 Å². The Hall–Kier alpha value is -0.0800. The average molecular weight is 254 g/mol. The summed E-state index contributed by atoms with van der Waals surface area (Å²) in [6, 6.07) is 0. The molecule has 1 fully saturated rings. The summed E-state index contributed by atoms with van der Waals surface area (Å²) >= 11 is 0. The van der Waals surface area contributed by atoms with Gasteiger partial charge in [-0.2, -0.15) is 0 Å². The zero-order valence-electron chi connectivity index (χ0n) is 12.7. The Balaban J connectivity index is 1.83. The van der Waals surface area contributed by atoms with E-state index in [0.29, 0.717) is 0 Å². The molecule has 0 atom stereocenters. The van der Waals surface area contributed by atoms with Gasteiger partial charge in [-0.05, 0) is 57.9 Å². The van der Waals surface area contributed by atoms with Crippen LogP contribution in [0.25, 0.3) is 0 Å². The second kappa shape index (κ2) is 10.8. The van der Waals surface area contributed by atoms with Gasteiger partial charge in [0.15, 0.2) is 0 Å². The van der Waals surface area contributed by atoms with Crippen LogP contribution in [0.15, 0.2) is 0 Å². The van der Waals surface area contributed by atoms with Crippen LogP contribution in [0.3, 0.4) is 0 Å². The van der Waals surface area contributed by atoms with Gasteiger partial charge >= 0.3 is 0 Å². The number of hydrogen-bond acceptors (Lipinski definition) is 2. The molecule has 2 heteroatoms. The third-order valence-corrected chi connectivity index (χ3v) is 4.44. The lowest BCUT2D eigenvalue weighted by Crippen LogP contribution is -2.27. The molecule has 0 aromatic carbocycles. The molecule has 2 nitrogen and oxygen atoms in total. The molecule has 0 aromatic rings. The lowest BCUT2D eigenvalue weighted by atomic mass is 9.92. The predicted octanol–water partition coefficient (Wildman–Crippen LogP) is 3.67. The molecule has 0 saturated carbocycles. The Morgan fingerprint density at radius 1 is 0.889 bits per heavy atom. The van der Waals surface area contributed by atoms with Crippen molar-refractivity contribution < 1.29 is 0 Å². The van der Waals surface area contributed by atoms with Crippen molar-refractivity contribution in [3.05, 3.63) is 0 Å². The molecule has 0 aliphatic carbocycles. The zero-order chi connectivity index (χ0) is 13.1. The number of piperidine rings is 1. The van der Waals surface area contributed by atoms with Crippen LogP contribution in [0.1, 0.15) is 65.2 Å². The normalized spacial score (nSPS) is 17.5. The molecule has 0 radical (unpaired) electrons. The summed E-state index contributed by atoms with van der Waals surface area (Å²) in [4.78, 5) is 2.54. The van der Waals surface area contributed by atoms with E-state index in [9.17, 15) is 0 Å². The van der Waals surface area contributed by atoms with Crippen molar-refractivity contribution in [1.82, 2.24) is 10.2 Å². The van der Waals surface area contributed by atoms with E-state index in [0.717, 1.165) is 5.92 Å². The quantitative estimate of drug-likeness (QED) is 0.598. The molecule has 0 spiro atoms. The number of unbranched alkanes of at least 4 members (excludes halogenated alkanes) is 4. The Bertz CT molecular complexity index is 172. The highest BCUT2D eigenvalue weighted by Crippen LogP contribution is 2.19. The first-order chi connectivity index (χ1) is 8.86. The minimum atomic E-state index is 1.03. The van der Waals surface area contributed by atoms with Crippen molar-refractivity contribution in [2.45, 2.75) is 65.2 Å². The van der Waals surface area contributed by atoms with Gasteiger partial charge in [-0.3, -0.25) is 0 Å². The van der Waals surface area contributed by atoms with Crippen LogP contribution < -0.4 is 5.32 Å². The fraction of sp³-hybridized carbons (Fsp3) is 1.00. The molecule has 1 heterocycles. The van der Waals surface area contributed by atoms with Crippen LogP contribution in [0.5, 0.6) is 0 Å². The van der Waals surface area contributed by atoms with Crippen LogP contribution in [-0.2, 0) is 0 Å². The average Bonchev–Trinajstić information content (AvgIpc) is 2.43. The summed E-state index contributed by atoms with van der Waals surface area (Å²) in [5.41, 5.74) is 0. The molecule has 1 N–H and O–H groups in total. The fourth-order valence-corrected chi connectivity index (χ4v) is 3.01. The van der Waals surface area contributed by atoms with E-state index in [2.05, 4.69) is 24.1 Å². The maximum atomic E-state index is 3.45. The third kappa shape index (κ3) is 7.38. The van der Waals surface area contributed by atoms with E-state index in [4.69, 9.17) is 0 Å². The molecule has 0 unspecified atom stereocenters. The van der Waals surface area contributed by atoms with Crippen LogP contribution in [-0.4, -0.2) is 37.6 Å². The highest BCUT2D eigenvalue weighted by atomic mass is 15.1. The van der Waals surface area contributed by atoms with Gasteiger partial charge in [0.2, 0.25) is 0 Å². The summed E-state index contributed by atoms with van der Waals surface area (Å²) in [5, 5.41) is 3.45. The molecule has 0 bridgehead atoms.